The first-order valence-electron chi connectivity index (χ1n) is 8.02. The smallest absolute Gasteiger partial charge is 0.123 e. The average Bonchev–Trinajstić information content (AvgIpc) is 2.91. The quantitative estimate of drug-likeness (QED) is 0.549. The maximum Gasteiger partial charge on any atom is 0.123 e. The summed E-state index contributed by atoms with van der Waals surface area (Å²) in [6, 6.07) is 3.33. The van der Waals surface area contributed by atoms with Crippen LogP contribution in [0.5, 0.6) is 0 Å². The van der Waals surface area contributed by atoms with Crippen molar-refractivity contribution in [2.45, 2.75) is 39.0 Å². The predicted molar refractivity (Wildman–Crippen MR) is 97.0 cm³/mol. The van der Waals surface area contributed by atoms with Gasteiger partial charge in [-0.15, -0.1) is 0 Å². The Morgan fingerprint density at radius 3 is 2.70 bits per heavy atom. The summed E-state index contributed by atoms with van der Waals surface area (Å²) in [4.78, 5) is 10.9. The monoisotopic (exact) mass is 332 g/mol. The van der Waals surface area contributed by atoms with Crippen LogP contribution in [0.15, 0.2) is 31.0 Å². The fraction of sp³-hybridized carbons (Fsp3) is 0.529. The summed E-state index contributed by atoms with van der Waals surface area (Å²) in [6.45, 7) is 9.34. The van der Waals surface area contributed by atoms with Crippen molar-refractivity contribution in [2.24, 2.45) is 0 Å². The third kappa shape index (κ3) is 6.25. The van der Waals surface area contributed by atoms with Crippen LogP contribution in [-0.2, 0) is 18.0 Å². The van der Waals surface area contributed by atoms with E-state index >= 15 is 0 Å². The second-order valence-corrected chi connectivity index (χ2v) is 13.1. The molecule has 0 N–H and O–H groups in total. The molecular weight excluding hydrogens is 304 g/mol. The Morgan fingerprint density at radius 2 is 2.00 bits per heavy atom. The molecule has 0 saturated carbocycles. The molecule has 126 valence electrons. The molecule has 0 aliphatic heterocycles. The van der Waals surface area contributed by atoms with Gasteiger partial charge in [0.15, 0.2) is 0 Å². The van der Waals surface area contributed by atoms with Gasteiger partial charge < -0.3 is 14.2 Å². The van der Waals surface area contributed by atoms with Crippen LogP contribution in [0.3, 0.4) is 0 Å². The Bertz CT molecular complexity index is 619. The number of nitrogens with zero attached hydrogens (tertiary/aromatic N) is 4. The van der Waals surface area contributed by atoms with E-state index in [4.69, 9.17) is 4.74 Å². The van der Waals surface area contributed by atoms with Gasteiger partial charge >= 0.3 is 0 Å². The molecule has 0 radical (unpaired) electrons. The van der Waals surface area contributed by atoms with Crippen molar-refractivity contribution in [3.8, 4) is 11.3 Å². The van der Waals surface area contributed by atoms with Gasteiger partial charge in [0, 0.05) is 45.4 Å². The molecule has 0 aromatic carbocycles. The molecule has 2 aromatic heterocycles. The summed E-state index contributed by atoms with van der Waals surface area (Å²) in [5, 5.41) is 0. The van der Waals surface area contributed by atoms with Gasteiger partial charge in [-0.25, -0.2) is 4.98 Å². The van der Waals surface area contributed by atoms with Crippen molar-refractivity contribution >= 4 is 8.07 Å². The van der Waals surface area contributed by atoms with Gasteiger partial charge in [0.2, 0.25) is 0 Å². The zero-order chi connectivity index (χ0) is 16.9. The lowest BCUT2D eigenvalue weighted by atomic mass is 10.1. The SMILES string of the molecule is CN(C)Cc1cncc(-c2cn(COCC[Si](C)(C)C)cn2)c1. The van der Waals surface area contributed by atoms with Crippen molar-refractivity contribution in [3.05, 3.63) is 36.5 Å². The number of hydrogen-bond donors (Lipinski definition) is 0. The maximum atomic E-state index is 5.76. The van der Waals surface area contributed by atoms with Gasteiger partial charge in [0.05, 0.1) is 12.0 Å². The molecule has 2 rings (SSSR count). The lowest BCUT2D eigenvalue weighted by Gasteiger charge is -2.15. The summed E-state index contributed by atoms with van der Waals surface area (Å²) < 4.78 is 7.74. The summed E-state index contributed by atoms with van der Waals surface area (Å²) in [7, 11) is 3.08. The van der Waals surface area contributed by atoms with Crippen LogP contribution in [0.1, 0.15) is 5.56 Å². The molecule has 0 aliphatic rings. The van der Waals surface area contributed by atoms with Crippen LogP contribution in [0.25, 0.3) is 11.3 Å². The molecule has 0 aliphatic carbocycles. The molecule has 23 heavy (non-hydrogen) atoms. The first-order chi connectivity index (χ1) is 10.8. The molecule has 0 bridgehead atoms. The Balaban J connectivity index is 1.94. The average molecular weight is 333 g/mol. The number of ether oxygens (including phenoxy) is 1. The minimum Gasteiger partial charge on any atom is -0.361 e. The fourth-order valence-electron chi connectivity index (χ4n) is 2.21. The van der Waals surface area contributed by atoms with Gasteiger partial charge in [-0.1, -0.05) is 19.6 Å². The normalized spacial score (nSPS) is 12.1. The van der Waals surface area contributed by atoms with Crippen molar-refractivity contribution < 1.29 is 4.74 Å². The molecule has 0 atom stereocenters. The van der Waals surface area contributed by atoms with Crippen LogP contribution in [0.4, 0.5) is 0 Å². The third-order valence-corrected chi connectivity index (χ3v) is 5.16. The molecule has 0 fully saturated rings. The van der Waals surface area contributed by atoms with E-state index in [2.05, 4.69) is 54.7 Å². The van der Waals surface area contributed by atoms with E-state index in [1.54, 1.807) is 0 Å². The van der Waals surface area contributed by atoms with Gasteiger partial charge in [0.1, 0.15) is 6.73 Å². The van der Waals surface area contributed by atoms with Crippen LogP contribution < -0.4 is 0 Å². The van der Waals surface area contributed by atoms with Crippen LogP contribution in [-0.4, -0.2) is 48.2 Å². The maximum absolute atomic E-state index is 5.76. The summed E-state index contributed by atoms with van der Waals surface area (Å²) in [6.07, 6.45) is 7.60. The van der Waals surface area contributed by atoms with Gasteiger partial charge in [-0.2, -0.15) is 0 Å². The zero-order valence-electron chi connectivity index (χ0n) is 14.9. The first kappa shape index (κ1) is 17.8. The molecule has 0 unspecified atom stereocenters. The Labute approximate surface area is 140 Å². The van der Waals surface area contributed by atoms with E-state index in [-0.39, 0.29) is 0 Å². The molecule has 2 heterocycles. The summed E-state index contributed by atoms with van der Waals surface area (Å²) in [5.41, 5.74) is 3.17. The van der Waals surface area contributed by atoms with Crippen molar-refractivity contribution in [2.75, 3.05) is 20.7 Å². The number of hydrogen-bond acceptors (Lipinski definition) is 4. The first-order valence-corrected chi connectivity index (χ1v) is 11.7. The highest BCUT2D eigenvalue weighted by Crippen LogP contribution is 2.18. The van der Waals surface area contributed by atoms with Crippen molar-refractivity contribution in [3.63, 3.8) is 0 Å². The summed E-state index contributed by atoms with van der Waals surface area (Å²) in [5.74, 6) is 0. The van der Waals surface area contributed by atoms with E-state index < -0.39 is 8.07 Å². The van der Waals surface area contributed by atoms with Crippen molar-refractivity contribution in [1.82, 2.24) is 19.4 Å². The standard InChI is InChI=1S/C17H28N4OSi/c1-20(2)11-15-8-16(10-18-9-15)17-12-21(13-19-17)14-22-6-7-23(3,4)5/h8-10,12-13H,6-7,11,14H2,1-5H3. The third-order valence-electron chi connectivity index (χ3n) is 3.46. The Morgan fingerprint density at radius 1 is 1.22 bits per heavy atom. The van der Waals surface area contributed by atoms with Gasteiger partial charge in [-0.05, 0) is 31.8 Å². The summed E-state index contributed by atoms with van der Waals surface area (Å²) >= 11 is 0. The minimum atomic E-state index is -1.02. The molecule has 2 aromatic rings. The Hall–Kier alpha value is -1.50. The zero-order valence-corrected chi connectivity index (χ0v) is 15.9. The molecule has 5 nitrogen and oxygen atoms in total. The fourth-order valence-corrected chi connectivity index (χ4v) is 2.96. The van der Waals surface area contributed by atoms with E-state index in [0.29, 0.717) is 6.73 Å². The second-order valence-electron chi connectivity index (χ2n) is 7.44. The van der Waals surface area contributed by atoms with E-state index in [1.807, 2.05) is 29.5 Å². The highest BCUT2D eigenvalue weighted by molar-refractivity contribution is 6.76. The number of pyridine rings is 1. The topological polar surface area (TPSA) is 43.2 Å². The van der Waals surface area contributed by atoms with Gasteiger partial charge in [0.25, 0.3) is 0 Å². The molecule has 0 amide bonds. The van der Waals surface area contributed by atoms with E-state index in [0.717, 1.165) is 24.4 Å². The lowest BCUT2D eigenvalue weighted by Crippen LogP contribution is -2.21. The van der Waals surface area contributed by atoms with Crippen LogP contribution >= 0.6 is 0 Å². The molecule has 0 saturated heterocycles. The highest BCUT2D eigenvalue weighted by atomic mass is 28.3. The molecule has 6 heteroatoms. The van der Waals surface area contributed by atoms with Crippen LogP contribution in [0, 0.1) is 0 Å². The number of aromatic nitrogens is 3. The highest BCUT2D eigenvalue weighted by Gasteiger charge is 2.12. The molecule has 0 spiro atoms. The largest absolute Gasteiger partial charge is 0.361 e. The number of imidazole rings is 1. The molecular formula is C17H28N4OSi. The van der Waals surface area contributed by atoms with Gasteiger partial charge in [-0.3, -0.25) is 4.98 Å². The van der Waals surface area contributed by atoms with E-state index in [1.165, 1.54) is 11.6 Å². The van der Waals surface area contributed by atoms with Crippen molar-refractivity contribution in [1.29, 1.82) is 0 Å². The predicted octanol–water partition coefficient (Wildman–Crippen LogP) is 3.32. The van der Waals surface area contributed by atoms with Crippen LogP contribution in [0.2, 0.25) is 25.7 Å². The lowest BCUT2D eigenvalue weighted by molar-refractivity contribution is 0.0872. The van der Waals surface area contributed by atoms with E-state index in [9.17, 15) is 0 Å². The minimum absolute atomic E-state index is 0.558. The number of rotatable bonds is 8. The Kier molecular flexibility index (Phi) is 6.09. The second kappa shape index (κ2) is 7.85.